The molecule has 1 atom stereocenters. The van der Waals surface area contributed by atoms with Crippen molar-refractivity contribution in [3.8, 4) is 5.82 Å². The van der Waals surface area contributed by atoms with Gasteiger partial charge in [0.15, 0.2) is 5.82 Å². The first kappa shape index (κ1) is 20.7. The second kappa shape index (κ2) is 8.69. The molecule has 1 aliphatic heterocycles. The smallest absolute Gasteiger partial charge is 0.257 e. The molecule has 0 spiro atoms. The maximum Gasteiger partial charge on any atom is 0.257 e. The summed E-state index contributed by atoms with van der Waals surface area (Å²) >= 11 is 0. The molecule has 2 aromatic heterocycles. The predicted octanol–water partition coefficient (Wildman–Crippen LogP) is 2.59. The highest BCUT2D eigenvalue weighted by atomic mass is 16.2. The van der Waals surface area contributed by atoms with E-state index in [4.69, 9.17) is 5.73 Å². The van der Waals surface area contributed by atoms with Crippen LogP contribution in [0.25, 0.3) is 5.82 Å². The lowest BCUT2D eigenvalue weighted by Crippen LogP contribution is -2.39. The van der Waals surface area contributed by atoms with Crippen LogP contribution in [0, 0.1) is 13.8 Å². The number of carbonyl (C=O) groups is 2. The Morgan fingerprint density at radius 3 is 2.71 bits per heavy atom. The first-order chi connectivity index (χ1) is 14.9. The Morgan fingerprint density at radius 1 is 1.19 bits per heavy atom. The number of nitrogens with two attached hydrogens (primary N) is 1. The molecule has 0 radical (unpaired) electrons. The van der Waals surface area contributed by atoms with Gasteiger partial charge in [-0.3, -0.25) is 14.5 Å². The Bertz CT molecular complexity index is 1110. The molecule has 3 heterocycles. The number of aromatic nitrogens is 3. The van der Waals surface area contributed by atoms with Crippen molar-refractivity contribution in [1.82, 2.24) is 19.7 Å². The van der Waals surface area contributed by atoms with E-state index in [0.29, 0.717) is 23.6 Å². The van der Waals surface area contributed by atoms with Crippen LogP contribution >= 0.6 is 0 Å². The average Bonchev–Trinajstić information content (AvgIpc) is 3.34. The van der Waals surface area contributed by atoms with Gasteiger partial charge >= 0.3 is 0 Å². The van der Waals surface area contributed by atoms with E-state index < -0.39 is 0 Å². The molecule has 160 valence electrons. The monoisotopic (exact) mass is 418 g/mol. The Morgan fingerprint density at radius 2 is 2.03 bits per heavy atom. The van der Waals surface area contributed by atoms with E-state index >= 15 is 0 Å². The van der Waals surface area contributed by atoms with Crippen LogP contribution in [0.4, 0.5) is 5.69 Å². The minimum absolute atomic E-state index is 0.218. The Labute approximate surface area is 181 Å². The highest BCUT2D eigenvalue weighted by molar-refractivity contribution is 6.04. The van der Waals surface area contributed by atoms with Crippen molar-refractivity contribution in [1.29, 1.82) is 0 Å². The fraction of sp³-hybridized carbons (Fsp3) is 0.304. The van der Waals surface area contributed by atoms with Crippen molar-refractivity contribution in [2.45, 2.75) is 39.3 Å². The number of benzene rings is 1. The zero-order valence-corrected chi connectivity index (χ0v) is 17.7. The number of hydrogen-bond acceptors (Lipinski definition) is 5. The number of hydrogen-bond donors (Lipinski definition) is 2. The van der Waals surface area contributed by atoms with E-state index in [1.165, 1.54) is 0 Å². The van der Waals surface area contributed by atoms with Crippen LogP contribution in [-0.2, 0) is 11.3 Å². The molecular formula is C23H26N6O2. The van der Waals surface area contributed by atoms with Crippen LogP contribution in [0.2, 0.25) is 0 Å². The number of nitrogens with one attached hydrogen (secondary N) is 1. The molecule has 31 heavy (non-hydrogen) atoms. The van der Waals surface area contributed by atoms with E-state index in [0.717, 1.165) is 36.3 Å². The van der Waals surface area contributed by atoms with Crippen molar-refractivity contribution >= 4 is 17.5 Å². The molecule has 1 saturated heterocycles. The molecule has 1 fully saturated rings. The summed E-state index contributed by atoms with van der Waals surface area (Å²) in [4.78, 5) is 30.8. The Kier molecular flexibility index (Phi) is 5.81. The van der Waals surface area contributed by atoms with Gasteiger partial charge in [-0.05, 0) is 69.1 Å². The molecular weight excluding hydrogens is 392 g/mol. The quantitative estimate of drug-likeness (QED) is 0.640. The lowest BCUT2D eigenvalue weighted by atomic mass is 10.1. The summed E-state index contributed by atoms with van der Waals surface area (Å²) in [6.45, 7) is 5.36. The van der Waals surface area contributed by atoms with Crippen molar-refractivity contribution in [2.75, 3.05) is 11.9 Å². The molecule has 0 aliphatic carbocycles. The number of carbonyl (C=O) groups excluding carboxylic acids is 2. The third kappa shape index (κ3) is 4.64. The molecule has 1 unspecified atom stereocenters. The molecule has 0 saturated carbocycles. The van der Waals surface area contributed by atoms with Gasteiger partial charge in [-0.25, -0.2) is 9.67 Å². The fourth-order valence-corrected chi connectivity index (χ4v) is 4.03. The highest BCUT2D eigenvalue weighted by Crippen LogP contribution is 2.21. The van der Waals surface area contributed by atoms with Gasteiger partial charge in [-0.2, -0.15) is 5.10 Å². The van der Waals surface area contributed by atoms with Crippen molar-refractivity contribution in [3.05, 3.63) is 71.2 Å². The lowest BCUT2D eigenvalue weighted by molar-refractivity contribution is -0.122. The summed E-state index contributed by atoms with van der Waals surface area (Å²) in [5.41, 5.74) is 9.58. The van der Waals surface area contributed by atoms with E-state index in [1.54, 1.807) is 23.0 Å². The minimum atomic E-state index is -0.279. The van der Waals surface area contributed by atoms with E-state index in [1.807, 2.05) is 44.2 Å². The highest BCUT2D eigenvalue weighted by Gasteiger charge is 2.28. The summed E-state index contributed by atoms with van der Waals surface area (Å²) < 4.78 is 1.75. The first-order valence-electron chi connectivity index (χ1n) is 10.3. The van der Waals surface area contributed by atoms with Gasteiger partial charge in [0.05, 0.1) is 17.3 Å². The molecule has 8 nitrogen and oxygen atoms in total. The third-order valence-electron chi connectivity index (χ3n) is 5.50. The number of nitrogens with zero attached hydrogens (tertiary/aromatic N) is 4. The molecule has 0 bridgehead atoms. The summed E-state index contributed by atoms with van der Waals surface area (Å²) in [5, 5.41) is 7.33. The van der Waals surface area contributed by atoms with Crippen molar-refractivity contribution in [3.63, 3.8) is 0 Å². The standard InChI is InChI=1S/C23H26N6O2/c1-15-11-16(2)29(27-15)21-9-8-18(13-25-21)23(31)26-19-6-3-5-17(12-19)14-28-10-4-7-20(28)22(24)30/h3,5-6,8-9,11-13,20H,4,7,10,14H2,1-2H3,(H2,24,30)(H,26,31). The van der Waals surface area contributed by atoms with Gasteiger partial charge in [0.25, 0.3) is 5.91 Å². The van der Waals surface area contributed by atoms with Gasteiger partial charge < -0.3 is 11.1 Å². The van der Waals surface area contributed by atoms with Crippen LogP contribution < -0.4 is 11.1 Å². The molecule has 1 aromatic carbocycles. The van der Waals surface area contributed by atoms with Crippen LogP contribution in [0.3, 0.4) is 0 Å². The van der Waals surface area contributed by atoms with Gasteiger partial charge in [0.2, 0.25) is 5.91 Å². The third-order valence-corrected chi connectivity index (χ3v) is 5.50. The van der Waals surface area contributed by atoms with Crippen LogP contribution in [0.5, 0.6) is 0 Å². The van der Waals surface area contributed by atoms with Crippen molar-refractivity contribution < 1.29 is 9.59 Å². The molecule has 3 N–H and O–H groups in total. The minimum Gasteiger partial charge on any atom is -0.368 e. The number of anilines is 1. The number of rotatable bonds is 6. The normalized spacial score (nSPS) is 16.4. The molecule has 1 aliphatic rings. The zero-order chi connectivity index (χ0) is 22.0. The second-order valence-corrected chi connectivity index (χ2v) is 7.93. The Balaban J connectivity index is 1.43. The van der Waals surface area contributed by atoms with Gasteiger partial charge in [0, 0.05) is 24.1 Å². The summed E-state index contributed by atoms with van der Waals surface area (Å²) in [7, 11) is 0. The SMILES string of the molecule is Cc1cc(C)n(-c2ccc(C(=O)Nc3cccc(CN4CCCC4C(N)=O)c3)cn2)n1. The number of likely N-dealkylation sites (tertiary alicyclic amines) is 1. The van der Waals surface area contributed by atoms with Gasteiger partial charge in [0.1, 0.15) is 0 Å². The first-order valence-corrected chi connectivity index (χ1v) is 10.3. The fourth-order valence-electron chi connectivity index (χ4n) is 4.03. The second-order valence-electron chi connectivity index (χ2n) is 7.93. The summed E-state index contributed by atoms with van der Waals surface area (Å²) in [6, 6.07) is 12.9. The molecule has 8 heteroatoms. The van der Waals surface area contributed by atoms with E-state index in [2.05, 4.69) is 20.3 Å². The van der Waals surface area contributed by atoms with E-state index in [-0.39, 0.29) is 17.9 Å². The van der Waals surface area contributed by atoms with Crippen molar-refractivity contribution in [2.24, 2.45) is 5.73 Å². The number of aryl methyl sites for hydroxylation is 2. The summed E-state index contributed by atoms with van der Waals surface area (Å²) in [5.74, 6) is 0.151. The maximum absolute atomic E-state index is 12.7. The summed E-state index contributed by atoms with van der Waals surface area (Å²) in [6.07, 6.45) is 3.31. The van der Waals surface area contributed by atoms with Crippen LogP contribution in [0.15, 0.2) is 48.7 Å². The maximum atomic E-state index is 12.7. The Hall–Kier alpha value is -3.52. The lowest BCUT2D eigenvalue weighted by Gasteiger charge is -2.22. The average molecular weight is 419 g/mol. The van der Waals surface area contributed by atoms with Gasteiger partial charge in [-0.15, -0.1) is 0 Å². The molecule has 2 amide bonds. The largest absolute Gasteiger partial charge is 0.368 e. The number of amides is 2. The van der Waals surface area contributed by atoms with E-state index in [9.17, 15) is 9.59 Å². The number of pyridine rings is 1. The number of primary amides is 1. The molecule has 3 aromatic rings. The van der Waals surface area contributed by atoms with Gasteiger partial charge in [-0.1, -0.05) is 12.1 Å². The van der Waals surface area contributed by atoms with Crippen LogP contribution in [-0.4, -0.2) is 44.1 Å². The molecule has 4 rings (SSSR count). The topological polar surface area (TPSA) is 106 Å². The predicted molar refractivity (Wildman–Crippen MR) is 118 cm³/mol. The van der Waals surface area contributed by atoms with Crippen LogP contribution in [0.1, 0.15) is 40.2 Å². The zero-order valence-electron chi connectivity index (χ0n) is 17.7.